The molecule has 0 spiro atoms. The highest BCUT2D eigenvalue weighted by Crippen LogP contribution is 2.30. The van der Waals surface area contributed by atoms with Crippen LogP contribution in [0.15, 0.2) is 54.6 Å². The molecule has 1 aliphatic rings. The first kappa shape index (κ1) is 24.0. The van der Waals surface area contributed by atoms with Crippen LogP contribution in [-0.2, 0) is 9.59 Å². The van der Waals surface area contributed by atoms with E-state index in [1.54, 1.807) is 29.8 Å². The number of carbonyl (C=O) groups excluding carboxylic acids is 2. The number of benzene rings is 2. The molecule has 34 heavy (non-hydrogen) atoms. The molecule has 2 N–H and O–H groups in total. The summed E-state index contributed by atoms with van der Waals surface area (Å²) in [6.07, 6.45) is 2.18. The third-order valence-electron chi connectivity index (χ3n) is 6.15. The molecule has 1 saturated heterocycles. The van der Waals surface area contributed by atoms with Crippen LogP contribution in [0.2, 0.25) is 5.02 Å². The molecule has 2 amide bonds. The second kappa shape index (κ2) is 10.4. The molecule has 0 bridgehead atoms. The Balaban J connectivity index is 1.46. The van der Waals surface area contributed by atoms with E-state index in [0.717, 1.165) is 42.9 Å². The number of anilines is 2. The minimum atomic E-state index is -0.490. The minimum Gasteiger partial charge on any atom is -0.324 e. The molecule has 0 aliphatic carbocycles. The van der Waals surface area contributed by atoms with Gasteiger partial charge in [0.2, 0.25) is 11.8 Å². The van der Waals surface area contributed by atoms with Crippen LogP contribution in [-0.4, -0.2) is 39.6 Å². The summed E-state index contributed by atoms with van der Waals surface area (Å²) in [6, 6.07) is 16.0. The summed E-state index contributed by atoms with van der Waals surface area (Å²) in [5.74, 6) is -0.317. The number of aryl methyl sites for hydroxylation is 2. The van der Waals surface area contributed by atoms with Crippen LogP contribution >= 0.6 is 11.6 Å². The first-order valence-electron chi connectivity index (χ1n) is 11.6. The number of hydrogen-bond acceptors (Lipinski definition) is 4. The van der Waals surface area contributed by atoms with Crippen LogP contribution < -0.4 is 10.6 Å². The van der Waals surface area contributed by atoms with Gasteiger partial charge in [0, 0.05) is 11.4 Å². The monoisotopic (exact) mass is 479 g/mol. The molecule has 2 atom stereocenters. The molecule has 3 aromatic rings. The van der Waals surface area contributed by atoms with Crippen LogP contribution in [0.4, 0.5) is 11.4 Å². The van der Waals surface area contributed by atoms with E-state index in [0.29, 0.717) is 16.4 Å². The third-order valence-corrected chi connectivity index (χ3v) is 6.47. The van der Waals surface area contributed by atoms with Crippen molar-refractivity contribution < 1.29 is 9.59 Å². The Bertz CT molecular complexity index is 1170. The van der Waals surface area contributed by atoms with E-state index in [9.17, 15) is 9.59 Å². The van der Waals surface area contributed by atoms with E-state index in [1.165, 1.54) is 0 Å². The minimum absolute atomic E-state index is 0.0981. The lowest BCUT2D eigenvalue weighted by Gasteiger charge is -2.27. The van der Waals surface area contributed by atoms with Gasteiger partial charge in [-0.2, -0.15) is 5.10 Å². The van der Waals surface area contributed by atoms with Crippen LogP contribution in [0.5, 0.6) is 0 Å². The van der Waals surface area contributed by atoms with Crippen molar-refractivity contribution in [1.29, 1.82) is 0 Å². The number of aromatic nitrogens is 2. The molecule has 1 aromatic heterocycles. The van der Waals surface area contributed by atoms with Gasteiger partial charge in [-0.15, -0.1) is 0 Å². The van der Waals surface area contributed by atoms with Crippen molar-refractivity contribution in [2.24, 2.45) is 0 Å². The summed E-state index contributed by atoms with van der Waals surface area (Å²) in [7, 11) is 0. The predicted molar refractivity (Wildman–Crippen MR) is 135 cm³/mol. The Kier molecular flexibility index (Phi) is 7.34. The number of nitrogens with zero attached hydrogens (tertiary/aromatic N) is 3. The molecule has 178 valence electrons. The maximum Gasteiger partial charge on any atom is 0.248 e. The van der Waals surface area contributed by atoms with E-state index >= 15 is 0 Å². The highest BCUT2D eigenvalue weighted by Gasteiger charge is 2.29. The van der Waals surface area contributed by atoms with Crippen LogP contribution in [0.25, 0.3) is 0 Å². The number of amides is 2. The largest absolute Gasteiger partial charge is 0.324 e. The Labute approximate surface area is 205 Å². The summed E-state index contributed by atoms with van der Waals surface area (Å²) in [4.78, 5) is 28.3. The van der Waals surface area contributed by atoms with Crippen molar-refractivity contribution in [3.63, 3.8) is 0 Å². The molecule has 2 unspecified atom stereocenters. The fourth-order valence-corrected chi connectivity index (χ4v) is 4.68. The number of hydrogen-bond donors (Lipinski definition) is 2. The number of likely N-dealkylation sites (tertiary alicyclic amines) is 1. The van der Waals surface area contributed by atoms with Crippen LogP contribution in [0, 0.1) is 13.8 Å². The van der Waals surface area contributed by atoms with Gasteiger partial charge in [-0.05, 0) is 76.5 Å². The molecular formula is C26H30ClN5O2. The average Bonchev–Trinajstić information content (AvgIpc) is 3.45. The maximum absolute atomic E-state index is 13.3. The molecule has 4 rings (SSSR count). The zero-order chi connectivity index (χ0) is 24.2. The topological polar surface area (TPSA) is 79.3 Å². The molecule has 7 nitrogen and oxygen atoms in total. The quantitative estimate of drug-likeness (QED) is 0.492. The lowest BCUT2D eigenvalue weighted by molar-refractivity contribution is -0.121. The normalized spacial score (nSPS) is 15.6. The number of halogens is 1. The zero-order valence-electron chi connectivity index (χ0n) is 19.7. The Hall–Kier alpha value is -3.16. The molecular weight excluding hydrogens is 450 g/mol. The maximum atomic E-state index is 13.3. The summed E-state index contributed by atoms with van der Waals surface area (Å²) in [5.41, 5.74) is 3.81. The van der Waals surface area contributed by atoms with Gasteiger partial charge >= 0.3 is 0 Å². The molecule has 1 fully saturated rings. The summed E-state index contributed by atoms with van der Waals surface area (Å²) in [5, 5.41) is 10.6. The summed E-state index contributed by atoms with van der Waals surface area (Å²) >= 11 is 6.47. The average molecular weight is 480 g/mol. The van der Waals surface area contributed by atoms with E-state index < -0.39 is 6.04 Å². The Morgan fingerprint density at radius 1 is 0.971 bits per heavy atom. The third kappa shape index (κ3) is 5.32. The molecule has 2 heterocycles. The number of carbonyl (C=O) groups is 2. The van der Waals surface area contributed by atoms with E-state index in [2.05, 4.69) is 20.6 Å². The van der Waals surface area contributed by atoms with Gasteiger partial charge in [0.25, 0.3) is 0 Å². The fourth-order valence-electron chi connectivity index (χ4n) is 4.45. The van der Waals surface area contributed by atoms with Crippen molar-refractivity contribution in [2.45, 2.75) is 45.7 Å². The Morgan fingerprint density at radius 3 is 2.29 bits per heavy atom. The van der Waals surface area contributed by atoms with Crippen molar-refractivity contribution in [2.75, 3.05) is 23.7 Å². The zero-order valence-corrected chi connectivity index (χ0v) is 20.5. The van der Waals surface area contributed by atoms with Gasteiger partial charge in [-0.1, -0.05) is 41.9 Å². The first-order valence-corrected chi connectivity index (χ1v) is 11.9. The van der Waals surface area contributed by atoms with Crippen molar-refractivity contribution in [3.8, 4) is 0 Å². The summed E-state index contributed by atoms with van der Waals surface area (Å²) < 4.78 is 1.69. The highest BCUT2D eigenvalue weighted by molar-refractivity contribution is 6.34. The van der Waals surface area contributed by atoms with Gasteiger partial charge in [0.15, 0.2) is 0 Å². The molecule has 1 aliphatic heterocycles. The fraction of sp³-hybridized carbons (Fsp3) is 0.346. The molecule has 2 aromatic carbocycles. The lowest BCUT2D eigenvalue weighted by atomic mass is 10.0. The molecule has 0 radical (unpaired) electrons. The van der Waals surface area contributed by atoms with Gasteiger partial charge in [0.1, 0.15) is 12.1 Å². The number of nitrogens with one attached hydrogen (secondary N) is 2. The van der Waals surface area contributed by atoms with Gasteiger partial charge in [-0.3, -0.25) is 19.2 Å². The van der Waals surface area contributed by atoms with Gasteiger partial charge < -0.3 is 10.6 Å². The molecule has 8 heteroatoms. The van der Waals surface area contributed by atoms with Crippen LogP contribution in [0.1, 0.15) is 48.8 Å². The predicted octanol–water partition coefficient (Wildman–Crippen LogP) is 5.13. The van der Waals surface area contributed by atoms with Gasteiger partial charge in [0.05, 0.1) is 16.4 Å². The first-order chi connectivity index (χ1) is 16.3. The summed E-state index contributed by atoms with van der Waals surface area (Å²) in [6.45, 7) is 7.39. The van der Waals surface area contributed by atoms with Crippen LogP contribution in [0.3, 0.4) is 0 Å². The lowest BCUT2D eigenvalue weighted by Crippen LogP contribution is -2.35. The standard InChI is InChI=1S/C26H30ClN5O2/c1-17-15-18(2)32(30-17)19(3)25(33)29-23-12-11-21(16-22(23)27)28-26(34)24(31-13-7-8-14-31)20-9-5-4-6-10-20/h4-6,9-12,15-16,19,24H,7-8,13-14H2,1-3H3,(H,28,34)(H,29,33). The molecule has 0 saturated carbocycles. The van der Waals surface area contributed by atoms with E-state index in [-0.39, 0.29) is 17.9 Å². The van der Waals surface area contributed by atoms with E-state index in [1.807, 2.05) is 50.2 Å². The van der Waals surface area contributed by atoms with Crippen molar-refractivity contribution in [3.05, 3.63) is 76.6 Å². The smallest absolute Gasteiger partial charge is 0.248 e. The van der Waals surface area contributed by atoms with Crippen molar-refractivity contribution >= 4 is 34.8 Å². The number of rotatable bonds is 7. The Morgan fingerprint density at radius 2 is 1.68 bits per heavy atom. The second-order valence-corrected chi connectivity index (χ2v) is 9.18. The van der Waals surface area contributed by atoms with Crippen molar-refractivity contribution in [1.82, 2.24) is 14.7 Å². The SMILES string of the molecule is Cc1cc(C)n(C(C)C(=O)Nc2ccc(NC(=O)C(c3ccccc3)N3CCCC3)cc2Cl)n1. The van der Waals surface area contributed by atoms with Gasteiger partial charge in [-0.25, -0.2) is 0 Å². The second-order valence-electron chi connectivity index (χ2n) is 8.78. The highest BCUT2D eigenvalue weighted by atomic mass is 35.5. The van der Waals surface area contributed by atoms with E-state index in [4.69, 9.17) is 11.6 Å².